The van der Waals surface area contributed by atoms with Gasteiger partial charge in [0.25, 0.3) is 0 Å². The number of nitrogens with zero attached hydrogens (tertiary/aromatic N) is 2. The molecule has 0 saturated carbocycles. The number of hydrogen-bond donors (Lipinski definition) is 1. The third-order valence-corrected chi connectivity index (χ3v) is 3.80. The lowest BCUT2D eigenvalue weighted by atomic mass is 10.1. The summed E-state index contributed by atoms with van der Waals surface area (Å²) in [6.07, 6.45) is 2.70. The molecule has 90 valence electrons. The van der Waals surface area contributed by atoms with E-state index in [0.29, 0.717) is 6.54 Å². The Morgan fingerprint density at radius 1 is 1.17 bits per heavy atom. The zero-order valence-corrected chi connectivity index (χ0v) is 10.7. The van der Waals surface area contributed by atoms with E-state index in [1.54, 1.807) is 17.5 Å². The van der Waals surface area contributed by atoms with Gasteiger partial charge in [-0.3, -0.25) is 0 Å². The predicted molar refractivity (Wildman–Crippen MR) is 75.6 cm³/mol. The molecule has 2 aromatic heterocycles. The fraction of sp³-hybridized carbons (Fsp3) is 0.143. The van der Waals surface area contributed by atoms with Crippen LogP contribution in [0.25, 0.3) is 20.9 Å². The minimum absolute atomic E-state index is 0.671. The molecule has 3 nitrogen and oxygen atoms in total. The summed E-state index contributed by atoms with van der Waals surface area (Å²) in [7, 11) is 0. The van der Waals surface area contributed by atoms with Gasteiger partial charge in [-0.2, -0.15) is 0 Å². The molecular formula is C14H13N3S. The van der Waals surface area contributed by atoms with Crippen molar-refractivity contribution in [3.8, 4) is 10.6 Å². The summed E-state index contributed by atoms with van der Waals surface area (Å²) in [5.74, 6) is 0. The van der Waals surface area contributed by atoms with Gasteiger partial charge in [-0.1, -0.05) is 29.5 Å². The molecular weight excluding hydrogens is 242 g/mol. The van der Waals surface area contributed by atoms with Crippen molar-refractivity contribution in [1.82, 2.24) is 9.97 Å². The quantitative estimate of drug-likeness (QED) is 0.783. The molecule has 3 rings (SSSR count). The number of thiazole rings is 1. The van der Waals surface area contributed by atoms with E-state index in [-0.39, 0.29) is 0 Å². The van der Waals surface area contributed by atoms with Crippen molar-refractivity contribution in [1.29, 1.82) is 0 Å². The van der Waals surface area contributed by atoms with E-state index in [1.807, 2.05) is 12.1 Å². The lowest BCUT2D eigenvalue weighted by Gasteiger charge is -2.01. The number of nitrogens with two attached hydrogens (primary N) is 1. The van der Waals surface area contributed by atoms with Gasteiger partial charge in [0.1, 0.15) is 15.4 Å². The van der Waals surface area contributed by atoms with Gasteiger partial charge >= 0.3 is 0 Å². The van der Waals surface area contributed by atoms with E-state index in [2.05, 4.69) is 34.2 Å². The normalized spacial score (nSPS) is 10.9. The maximum Gasteiger partial charge on any atom is 0.143 e. The molecule has 0 spiro atoms. The summed E-state index contributed by atoms with van der Waals surface area (Å²) in [4.78, 5) is 9.91. The Kier molecular flexibility index (Phi) is 3.04. The maximum absolute atomic E-state index is 5.59. The standard InChI is InChI=1S/C14H13N3S/c15-7-6-10-3-1-4-11(9-10)13-17-12-5-2-8-16-14(12)18-13/h1-5,8-9H,6-7,15H2. The van der Waals surface area contributed by atoms with Gasteiger partial charge in [-0.15, -0.1) is 0 Å². The Hall–Kier alpha value is -1.78. The Bertz CT molecular complexity index is 642. The molecule has 0 bridgehead atoms. The minimum Gasteiger partial charge on any atom is -0.330 e. The van der Waals surface area contributed by atoms with Crippen LogP contribution in [0.2, 0.25) is 0 Å². The zero-order valence-electron chi connectivity index (χ0n) is 9.84. The first-order chi connectivity index (χ1) is 8.86. The summed E-state index contributed by atoms with van der Waals surface area (Å²) in [6, 6.07) is 12.3. The Labute approximate surface area is 109 Å². The average molecular weight is 255 g/mol. The molecule has 4 heteroatoms. The minimum atomic E-state index is 0.671. The van der Waals surface area contributed by atoms with E-state index in [0.717, 1.165) is 27.3 Å². The molecule has 0 atom stereocenters. The fourth-order valence-corrected chi connectivity index (χ4v) is 2.82. The van der Waals surface area contributed by atoms with Gasteiger partial charge in [-0.25, -0.2) is 9.97 Å². The van der Waals surface area contributed by atoms with Crippen LogP contribution in [0.5, 0.6) is 0 Å². The van der Waals surface area contributed by atoms with Gasteiger partial charge < -0.3 is 5.73 Å². The van der Waals surface area contributed by atoms with E-state index < -0.39 is 0 Å². The lowest BCUT2D eigenvalue weighted by molar-refractivity contribution is 0.969. The van der Waals surface area contributed by atoms with Crippen LogP contribution in [0.3, 0.4) is 0 Å². The molecule has 0 radical (unpaired) electrons. The van der Waals surface area contributed by atoms with Gasteiger partial charge in [0.2, 0.25) is 0 Å². The SMILES string of the molecule is NCCc1cccc(-c2nc3cccnc3s2)c1. The van der Waals surface area contributed by atoms with E-state index >= 15 is 0 Å². The van der Waals surface area contributed by atoms with Crippen molar-refractivity contribution in [2.45, 2.75) is 6.42 Å². The molecule has 2 heterocycles. The largest absolute Gasteiger partial charge is 0.330 e. The van der Waals surface area contributed by atoms with Crippen LogP contribution in [-0.2, 0) is 6.42 Å². The topological polar surface area (TPSA) is 51.8 Å². The third-order valence-electron chi connectivity index (χ3n) is 2.77. The van der Waals surface area contributed by atoms with E-state index in [4.69, 9.17) is 5.73 Å². The summed E-state index contributed by atoms with van der Waals surface area (Å²) >= 11 is 1.62. The number of aromatic nitrogens is 2. The average Bonchev–Trinajstić information content (AvgIpc) is 2.83. The second kappa shape index (κ2) is 4.84. The Morgan fingerprint density at radius 3 is 2.94 bits per heavy atom. The summed E-state index contributed by atoms with van der Waals surface area (Å²) in [6.45, 7) is 0.671. The highest BCUT2D eigenvalue weighted by atomic mass is 32.1. The Morgan fingerprint density at radius 2 is 2.11 bits per heavy atom. The second-order valence-electron chi connectivity index (χ2n) is 4.09. The molecule has 0 fully saturated rings. The van der Waals surface area contributed by atoms with Crippen LogP contribution < -0.4 is 5.73 Å². The molecule has 0 aliphatic heterocycles. The molecule has 3 aromatic rings. The monoisotopic (exact) mass is 255 g/mol. The van der Waals surface area contributed by atoms with Crippen molar-refractivity contribution in [3.63, 3.8) is 0 Å². The van der Waals surface area contributed by atoms with Crippen LogP contribution in [0, 0.1) is 0 Å². The van der Waals surface area contributed by atoms with Crippen molar-refractivity contribution < 1.29 is 0 Å². The van der Waals surface area contributed by atoms with Gasteiger partial charge in [-0.05, 0) is 36.7 Å². The van der Waals surface area contributed by atoms with Gasteiger partial charge in [0.15, 0.2) is 0 Å². The number of rotatable bonds is 3. The summed E-state index contributed by atoms with van der Waals surface area (Å²) in [5.41, 5.74) is 8.94. The molecule has 0 amide bonds. The molecule has 0 aliphatic carbocycles. The highest BCUT2D eigenvalue weighted by Crippen LogP contribution is 2.29. The molecule has 0 aliphatic rings. The van der Waals surface area contributed by atoms with Crippen molar-refractivity contribution in [2.24, 2.45) is 5.73 Å². The smallest absolute Gasteiger partial charge is 0.143 e. The third kappa shape index (κ3) is 2.12. The summed E-state index contributed by atoms with van der Waals surface area (Å²) in [5, 5.41) is 1.02. The van der Waals surface area contributed by atoms with Crippen molar-refractivity contribution >= 4 is 21.7 Å². The van der Waals surface area contributed by atoms with Gasteiger partial charge in [0, 0.05) is 11.8 Å². The van der Waals surface area contributed by atoms with Crippen LogP contribution in [0.4, 0.5) is 0 Å². The Balaban J connectivity index is 2.05. The molecule has 18 heavy (non-hydrogen) atoms. The number of fused-ring (bicyclic) bond motifs is 1. The first-order valence-corrected chi connectivity index (χ1v) is 6.69. The van der Waals surface area contributed by atoms with Crippen LogP contribution in [0.1, 0.15) is 5.56 Å². The predicted octanol–water partition coefficient (Wildman–Crippen LogP) is 2.86. The number of benzene rings is 1. The van der Waals surface area contributed by atoms with E-state index in [1.165, 1.54) is 5.56 Å². The molecule has 1 aromatic carbocycles. The summed E-state index contributed by atoms with van der Waals surface area (Å²) < 4.78 is 0. The van der Waals surface area contributed by atoms with Crippen LogP contribution in [-0.4, -0.2) is 16.5 Å². The van der Waals surface area contributed by atoms with Crippen LogP contribution in [0.15, 0.2) is 42.6 Å². The molecule has 2 N–H and O–H groups in total. The second-order valence-corrected chi connectivity index (χ2v) is 5.06. The number of pyridine rings is 1. The molecule has 0 saturated heterocycles. The van der Waals surface area contributed by atoms with E-state index in [9.17, 15) is 0 Å². The maximum atomic E-state index is 5.59. The van der Waals surface area contributed by atoms with Gasteiger partial charge in [0.05, 0.1) is 0 Å². The zero-order chi connectivity index (χ0) is 12.4. The highest BCUT2D eigenvalue weighted by molar-refractivity contribution is 7.21. The molecule has 0 unspecified atom stereocenters. The first-order valence-electron chi connectivity index (χ1n) is 5.88. The van der Waals surface area contributed by atoms with Crippen molar-refractivity contribution in [2.75, 3.05) is 6.54 Å². The van der Waals surface area contributed by atoms with Crippen molar-refractivity contribution in [3.05, 3.63) is 48.2 Å². The van der Waals surface area contributed by atoms with Crippen LogP contribution >= 0.6 is 11.3 Å². The lowest BCUT2D eigenvalue weighted by Crippen LogP contribution is -2.02. The fourth-order valence-electron chi connectivity index (χ4n) is 1.92. The first kappa shape index (κ1) is 11.3. The number of hydrogen-bond acceptors (Lipinski definition) is 4. The highest BCUT2D eigenvalue weighted by Gasteiger charge is 2.06.